The van der Waals surface area contributed by atoms with Crippen LogP contribution >= 0.6 is 11.3 Å². The van der Waals surface area contributed by atoms with E-state index in [2.05, 4.69) is 20.3 Å². The number of hydrogen-bond donors (Lipinski definition) is 2. The highest BCUT2D eigenvalue weighted by molar-refractivity contribution is 7.09. The molecule has 1 aliphatic rings. The van der Waals surface area contributed by atoms with Gasteiger partial charge in [-0.2, -0.15) is 0 Å². The number of aromatic amines is 1. The van der Waals surface area contributed by atoms with Crippen molar-refractivity contribution in [3.8, 4) is 0 Å². The molecule has 0 saturated carbocycles. The summed E-state index contributed by atoms with van der Waals surface area (Å²) in [6, 6.07) is 0. The second-order valence-corrected chi connectivity index (χ2v) is 5.46. The highest BCUT2D eigenvalue weighted by atomic mass is 32.1. The molecule has 3 heterocycles. The highest BCUT2D eigenvalue weighted by Gasteiger charge is 2.15. The number of aromatic nitrogens is 3. The molecule has 2 aromatic heterocycles. The minimum absolute atomic E-state index is 0.0193. The molecular formula is C12H14N4OS. The summed E-state index contributed by atoms with van der Waals surface area (Å²) >= 11 is 1.62. The van der Waals surface area contributed by atoms with E-state index < -0.39 is 0 Å². The molecule has 0 saturated heterocycles. The maximum absolute atomic E-state index is 11.9. The van der Waals surface area contributed by atoms with Gasteiger partial charge >= 0.3 is 0 Å². The van der Waals surface area contributed by atoms with Crippen LogP contribution in [0.2, 0.25) is 0 Å². The molecule has 0 aliphatic carbocycles. The lowest BCUT2D eigenvalue weighted by molar-refractivity contribution is 0.614. The summed E-state index contributed by atoms with van der Waals surface area (Å²) in [5.41, 5.74) is 2.66. The van der Waals surface area contributed by atoms with Crippen LogP contribution in [-0.4, -0.2) is 21.5 Å². The summed E-state index contributed by atoms with van der Waals surface area (Å²) in [7, 11) is 0. The Kier molecular flexibility index (Phi) is 2.97. The van der Waals surface area contributed by atoms with Gasteiger partial charge in [0.05, 0.1) is 22.0 Å². The number of fused-ring (bicyclic) bond motifs is 1. The smallest absolute Gasteiger partial charge is 0.255 e. The molecule has 0 bridgehead atoms. The van der Waals surface area contributed by atoms with Gasteiger partial charge in [0.25, 0.3) is 5.56 Å². The number of nitrogens with one attached hydrogen (secondary N) is 2. The van der Waals surface area contributed by atoms with Gasteiger partial charge in [-0.15, -0.1) is 11.3 Å². The number of thiazole rings is 1. The molecule has 18 heavy (non-hydrogen) atoms. The van der Waals surface area contributed by atoms with Gasteiger partial charge in [0.1, 0.15) is 5.82 Å². The Morgan fingerprint density at radius 3 is 3.11 bits per heavy atom. The van der Waals surface area contributed by atoms with E-state index in [4.69, 9.17) is 0 Å². The van der Waals surface area contributed by atoms with Crippen LogP contribution in [0.3, 0.4) is 0 Å². The first-order valence-electron chi connectivity index (χ1n) is 5.95. The van der Waals surface area contributed by atoms with E-state index in [0.29, 0.717) is 18.8 Å². The zero-order valence-electron chi connectivity index (χ0n) is 10.1. The third-order valence-electron chi connectivity index (χ3n) is 3.01. The topological polar surface area (TPSA) is 70.7 Å². The zero-order valence-corrected chi connectivity index (χ0v) is 10.9. The van der Waals surface area contributed by atoms with Crippen LogP contribution in [-0.2, 0) is 19.4 Å². The van der Waals surface area contributed by atoms with E-state index in [9.17, 15) is 4.79 Å². The van der Waals surface area contributed by atoms with Gasteiger partial charge in [0.15, 0.2) is 0 Å². The Morgan fingerprint density at radius 1 is 1.44 bits per heavy atom. The van der Waals surface area contributed by atoms with Crippen molar-refractivity contribution in [1.29, 1.82) is 0 Å². The van der Waals surface area contributed by atoms with E-state index in [-0.39, 0.29) is 5.56 Å². The number of nitrogens with zero attached hydrogens (tertiary/aromatic N) is 2. The van der Waals surface area contributed by atoms with Gasteiger partial charge in [-0.25, -0.2) is 9.97 Å². The summed E-state index contributed by atoms with van der Waals surface area (Å²) in [6.07, 6.45) is 1.42. The van der Waals surface area contributed by atoms with Crippen molar-refractivity contribution in [3.63, 3.8) is 0 Å². The number of hydrogen-bond acceptors (Lipinski definition) is 5. The van der Waals surface area contributed by atoms with Crippen LogP contribution in [0.1, 0.15) is 27.8 Å². The van der Waals surface area contributed by atoms with Crippen LogP contribution in [0.15, 0.2) is 10.2 Å². The molecule has 0 spiro atoms. The molecule has 0 fully saturated rings. The van der Waals surface area contributed by atoms with Crippen molar-refractivity contribution in [3.05, 3.63) is 43.5 Å². The standard InChI is InChI=1S/C12H14N4OS/c1-7-14-8(6-18-7)4-11-15-10-2-3-13-5-9(10)12(17)16-11/h6,13H,2-5H2,1H3,(H,15,16,17). The first kappa shape index (κ1) is 11.6. The number of aryl methyl sites for hydroxylation is 1. The molecule has 5 nitrogen and oxygen atoms in total. The molecular weight excluding hydrogens is 248 g/mol. The minimum Gasteiger partial charge on any atom is -0.312 e. The van der Waals surface area contributed by atoms with Gasteiger partial charge in [-0.05, 0) is 6.92 Å². The molecule has 0 unspecified atom stereocenters. The number of H-pyrrole nitrogens is 1. The van der Waals surface area contributed by atoms with E-state index in [1.807, 2.05) is 12.3 Å². The molecule has 2 N–H and O–H groups in total. The quantitative estimate of drug-likeness (QED) is 0.838. The summed E-state index contributed by atoms with van der Waals surface area (Å²) < 4.78 is 0. The van der Waals surface area contributed by atoms with Crippen LogP contribution in [0.5, 0.6) is 0 Å². The monoisotopic (exact) mass is 262 g/mol. The summed E-state index contributed by atoms with van der Waals surface area (Å²) in [5.74, 6) is 0.714. The van der Waals surface area contributed by atoms with Crippen LogP contribution < -0.4 is 10.9 Å². The second kappa shape index (κ2) is 4.62. The van der Waals surface area contributed by atoms with E-state index in [0.717, 1.165) is 34.9 Å². The first-order chi connectivity index (χ1) is 8.72. The van der Waals surface area contributed by atoms with Crippen LogP contribution in [0.4, 0.5) is 0 Å². The fraction of sp³-hybridized carbons (Fsp3) is 0.417. The maximum atomic E-state index is 11.9. The lowest BCUT2D eigenvalue weighted by Crippen LogP contribution is -2.32. The van der Waals surface area contributed by atoms with Crippen molar-refractivity contribution in [2.45, 2.75) is 26.3 Å². The lowest BCUT2D eigenvalue weighted by atomic mass is 10.1. The predicted octanol–water partition coefficient (Wildman–Crippen LogP) is 0.771. The molecule has 94 valence electrons. The third-order valence-corrected chi connectivity index (χ3v) is 3.83. The summed E-state index contributed by atoms with van der Waals surface area (Å²) in [4.78, 5) is 23.7. The summed E-state index contributed by atoms with van der Waals surface area (Å²) in [5, 5.41) is 6.23. The van der Waals surface area contributed by atoms with Crippen LogP contribution in [0.25, 0.3) is 0 Å². The number of rotatable bonds is 2. The SMILES string of the molecule is Cc1nc(Cc2nc3c(c(=O)[nH]2)CNCC3)cs1. The first-order valence-corrected chi connectivity index (χ1v) is 6.83. The molecule has 0 atom stereocenters. The lowest BCUT2D eigenvalue weighted by Gasteiger charge is -2.15. The highest BCUT2D eigenvalue weighted by Crippen LogP contribution is 2.12. The maximum Gasteiger partial charge on any atom is 0.255 e. The van der Waals surface area contributed by atoms with Gasteiger partial charge in [0.2, 0.25) is 0 Å². The normalized spacial score (nSPS) is 14.5. The van der Waals surface area contributed by atoms with Gasteiger partial charge in [0, 0.05) is 31.3 Å². The van der Waals surface area contributed by atoms with E-state index >= 15 is 0 Å². The second-order valence-electron chi connectivity index (χ2n) is 4.40. The van der Waals surface area contributed by atoms with Crippen molar-refractivity contribution < 1.29 is 0 Å². The molecule has 0 radical (unpaired) electrons. The molecule has 3 rings (SSSR count). The third kappa shape index (κ3) is 2.21. The van der Waals surface area contributed by atoms with Crippen LogP contribution in [0, 0.1) is 6.92 Å². The minimum atomic E-state index is -0.0193. The van der Waals surface area contributed by atoms with Gasteiger partial charge in [-0.1, -0.05) is 0 Å². The molecule has 6 heteroatoms. The molecule has 0 amide bonds. The Bertz CT molecular complexity index is 631. The van der Waals surface area contributed by atoms with E-state index in [1.165, 1.54) is 0 Å². The molecule has 1 aliphatic heterocycles. The van der Waals surface area contributed by atoms with Crippen molar-refractivity contribution in [2.75, 3.05) is 6.54 Å². The average Bonchev–Trinajstić information content (AvgIpc) is 2.75. The fourth-order valence-corrected chi connectivity index (χ4v) is 2.76. The largest absolute Gasteiger partial charge is 0.312 e. The van der Waals surface area contributed by atoms with Gasteiger partial charge < -0.3 is 10.3 Å². The van der Waals surface area contributed by atoms with E-state index in [1.54, 1.807) is 11.3 Å². The van der Waals surface area contributed by atoms with Crippen molar-refractivity contribution in [1.82, 2.24) is 20.3 Å². The Balaban J connectivity index is 1.93. The molecule has 2 aromatic rings. The fourth-order valence-electron chi connectivity index (χ4n) is 2.15. The predicted molar refractivity (Wildman–Crippen MR) is 69.9 cm³/mol. The zero-order chi connectivity index (χ0) is 12.5. The van der Waals surface area contributed by atoms with Gasteiger partial charge in [-0.3, -0.25) is 4.79 Å². The molecule has 0 aromatic carbocycles. The van der Waals surface area contributed by atoms with Crippen molar-refractivity contribution in [2.24, 2.45) is 0 Å². The average molecular weight is 262 g/mol. The Morgan fingerprint density at radius 2 is 2.33 bits per heavy atom. The Labute approximate surface area is 108 Å². The van der Waals surface area contributed by atoms with Crippen molar-refractivity contribution >= 4 is 11.3 Å². The Hall–Kier alpha value is -1.53. The summed E-state index contributed by atoms with van der Waals surface area (Å²) in [6.45, 7) is 3.48.